The highest BCUT2D eigenvalue weighted by Gasteiger charge is 2.70. The van der Waals surface area contributed by atoms with Crippen molar-refractivity contribution < 1.29 is 84.0 Å². The number of allylic oxidation sites excluding steroid dienone is 2. The van der Waals surface area contributed by atoms with Crippen LogP contribution in [0.2, 0.25) is 0 Å². The Bertz CT molecular complexity index is 1770. The van der Waals surface area contributed by atoms with Crippen LogP contribution < -0.4 is 0 Å². The number of aliphatic carboxylic acids is 2. The summed E-state index contributed by atoms with van der Waals surface area (Å²) < 4.78 is 36.2. The van der Waals surface area contributed by atoms with Crippen molar-refractivity contribution in [1.82, 2.24) is 0 Å². The summed E-state index contributed by atoms with van der Waals surface area (Å²) in [5.74, 6) is -1.84. The number of fused-ring (bicyclic) bond motifs is 7. The van der Waals surface area contributed by atoms with Crippen LogP contribution in [0, 0.1) is 50.2 Å². The Labute approximate surface area is 369 Å². The smallest absolute Gasteiger partial charge is 0.335 e. The van der Waals surface area contributed by atoms with Gasteiger partial charge in [0.15, 0.2) is 25.0 Å². The van der Waals surface area contributed by atoms with Crippen molar-refractivity contribution in [3.8, 4) is 0 Å². The van der Waals surface area contributed by atoms with Gasteiger partial charge in [0.2, 0.25) is 0 Å². The monoisotopic (exact) mass is 896 g/mol. The molecule has 63 heavy (non-hydrogen) atoms. The van der Waals surface area contributed by atoms with Crippen LogP contribution in [-0.4, -0.2) is 157 Å². The average Bonchev–Trinajstić information content (AvgIpc) is 3.20. The quantitative estimate of drug-likeness (QED) is 0.125. The lowest BCUT2D eigenvalue weighted by Crippen LogP contribution is -2.68. The fraction of sp³-hybridized carbons (Fsp3) is 0.913. The molecule has 0 aromatic carbocycles. The molecule has 3 aliphatic heterocycles. The van der Waals surface area contributed by atoms with Crippen LogP contribution in [0.5, 0.6) is 0 Å². The van der Waals surface area contributed by atoms with Crippen molar-refractivity contribution in [1.29, 1.82) is 0 Å². The Morgan fingerprint density at radius 2 is 1.24 bits per heavy atom. The lowest BCUT2D eigenvalue weighted by atomic mass is 9.33. The summed E-state index contributed by atoms with van der Waals surface area (Å²) in [4.78, 5) is 25.8. The maximum atomic E-state index is 13.1. The number of carboxylic acids is 2. The molecule has 0 bridgehead atoms. The van der Waals surface area contributed by atoms with Crippen LogP contribution in [0.3, 0.4) is 0 Å². The van der Waals surface area contributed by atoms with Crippen molar-refractivity contribution in [2.24, 2.45) is 50.2 Å². The minimum Gasteiger partial charge on any atom is -0.481 e. The first-order chi connectivity index (χ1) is 29.3. The summed E-state index contributed by atoms with van der Waals surface area (Å²) in [7, 11) is 0. The van der Waals surface area contributed by atoms with E-state index in [0.717, 1.165) is 44.9 Å². The topological polar surface area (TPSA) is 272 Å². The molecule has 3 heterocycles. The Kier molecular flexibility index (Phi) is 12.4. The number of carbonyl (C=O) groups is 2. The van der Waals surface area contributed by atoms with E-state index in [2.05, 4.69) is 54.5 Å². The number of rotatable bonds is 8. The SMILES string of the molecule is CC1(C)CC[C@]2(C(=O)O)CC[C@]3(C)C(=CC[C@@H]4[C@@]5(C)CC[C@H](O[C@@H]6O[C@H](C(=O)O)[C@@H](O)[C@H](O[C@@H]7OC[C@H](O)[C@H](O)[C@H]7O)[C@H]6O[C@@H]6OC[C@@H](O)[C@H](O)[C@H]6O)C(C)(C)[C@@H]5CC[C@]43C)[C@H]2C1. The van der Waals surface area contributed by atoms with Crippen molar-refractivity contribution in [3.63, 3.8) is 0 Å². The minimum absolute atomic E-state index is 0.00829. The highest BCUT2D eigenvalue weighted by Crippen LogP contribution is 2.76. The van der Waals surface area contributed by atoms with Crippen LogP contribution >= 0.6 is 0 Å². The Morgan fingerprint density at radius 1 is 0.651 bits per heavy atom. The normalized spacial score (nSPS) is 52.9. The molecule has 17 nitrogen and oxygen atoms in total. The van der Waals surface area contributed by atoms with E-state index in [1.165, 1.54) is 5.57 Å². The first-order valence-electron chi connectivity index (χ1n) is 23.1. The van der Waals surface area contributed by atoms with Crippen LogP contribution in [0.25, 0.3) is 0 Å². The Hall–Kier alpha value is -1.84. The molecule has 0 unspecified atom stereocenters. The van der Waals surface area contributed by atoms with Gasteiger partial charge in [-0.3, -0.25) is 4.79 Å². The fourth-order valence-corrected chi connectivity index (χ4v) is 14.6. The van der Waals surface area contributed by atoms with Crippen LogP contribution in [-0.2, 0) is 38.0 Å². The Morgan fingerprint density at radius 3 is 1.83 bits per heavy atom. The van der Waals surface area contributed by atoms with E-state index < -0.39 is 122 Å². The second-order valence-electron chi connectivity index (χ2n) is 22.6. The van der Waals surface area contributed by atoms with Gasteiger partial charge >= 0.3 is 11.9 Å². The van der Waals surface area contributed by atoms with Gasteiger partial charge in [0.1, 0.15) is 54.9 Å². The van der Waals surface area contributed by atoms with Crippen LogP contribution in [0.1, 0.15) is 113 Å². The molecule has 0 amide bonds. The molecular weight excluding hydrogens is 824 g/mol. The zero-order valence-electron chi connectivity index (χ0n) is 37.7. The first-order valence-corrected chi connectivity index (χ1v) is 23.1. The van der Waals surface area contributed by atoms with Gasteiger partial charge in [0.25, 0.3) is 0 Å². The van der Waals surface area contributed by atoms with Gasteiger partial charge in [0.05, 0.1) is 24.7 Å². The summed E-state index contributed by atoms with van der Waals surface area (Å²) in [5, 5.41) is 95.6. The average molecular weight is 897 g/mol. The van der Waals surface area contributed by atoms with Crippen molar-refractivity contribution in [2.75, 3.05) is 13.2 Å². The van der Waals surface area contributed by atoms with E-state index in [9.17, 15) is 55.5 Å². The molecule has 0 spiro atoms. The van der Waals surface area contributed by atoms with Gasteiger partial charge in [0, 0.05) is 0 Å². The fourth-order valence-electron chi connectivity index (χ4n) is 14.6. The third-order valence-electron chi connectivity index (χ3n) is 18.6. The molecule has 358 valence electrons. The molecule has 3 saturated heterocycles. The summed E-state index contributed by atoms with van der Waals surface area (Å²) >= 11 is 0. The molecule has 0 aromatic rings. The molecule has 8 rings (SSSR count). The van der Waals surface area contributed by atoms with Gasteiger partial charge in [-0.1, -0.05) is 60.1 Å². The van der Waals surface area contributed by atoms with Gasteiger partial charge in [-0.05, 0) is 109 Å². The van der Waals surface area contributed by atoms with Gasteiger partial charge < -0.3 is 74.4 Å². The predicted molar refractivity (Wildman–Crippen MR) is 219 cm³/mol. The molecule has 17 heteroatoms. The van der Waals surface area contributed by atoms with E-state index in [1.54, 1.807) is 0 Å². The minimum atomic E-state index is -1.99. The number of hydrogen-bond acceptors (Lipinski definition) is 15. The highest BCUT2D eigenvalue weighted by molar-refractivity contribution is 5.76. The zero-order valence-corrected chi connectivity index (χ0v) is 37.7. The molecule has 8 aliphatic rings. The largest absolute Gasteiger partial charge is 0.481 e. The molecular formula is C46H72O17. The standard InChI is InChI=1S/C46H72O17/c1-41(2)14-16-46(40(56)57)17-15-44(6)21(22(46)18-41)8-9-26-43(5)12-11-27(42(3,4)25(43)10-13-45(26,44)7)60-39-35(63-38-31(52)29(50)24(48)20-59-38)33(32(53)34(62-39)36(54)55)61-37-30(51)28(49)23(47)19-58-37/h8,22-35,37-39,47-53H,9-20H2,1-7H3,(H,54,55)(H,56,57)/t22-,23+,24-,25+,26-,27+,28+,29+,30-,31-,32+,33+,34+,35-,37+,38+,39-,43+,44-,45-,46+/m1/s1. The molecule has 4 saturated carbocycles. The van der Waals surface area contributed by atoms with Crippen molar-refractivity contribution in [2.45, 2.75) is 199 Å². The summed E-state index contributed by atoms with van der Waals surface area (Å²) in [6.45, 7) is 15.2. The summed E-state index contributed by atoms with van der Waals surface area (Å²) in [5.41, 5.74) is -0.342. The number of ether oxygens (including phenoxy) is 6. The second-order valence-corrected chi connectivity index (χ2v) is 22.6. The molecule has 7 fully saturated rings. The lowest BCUT2D eigenvalue weighted by Gasteiger charge is -2.71. The zero-order chi connectivity index (χ0) is 46.0. The molecule has 21 atom stereocenters. The maximum absolute atomic E-state index is 13.1. The molecule has 0 radical (unpaired) electrons. The van der Waals surface area contributed by atoms with E-state index in [-0.39, 0.29) is 39.4 Å². The third-order valence-corrected chi connectivity index (χ3v) is 18.6. The number of aliphatic hydroxyl groups excluding tert-OH is 7. The van der Waals surface area contributed by atoms with E-state index in [0.29, 0.717) is 19.3 Å². The molecule has 9 N–H and O–H groups in total. The Balaban J connectivity index is 1.09. The summed E-state index contributed by atoms with van der Waals surface area (Å²) in [6, 6.07) is 0. The third kappa shape index (κ3) is 7.46. The van der Waals surface area contributed by atoms with Gasteiger partial charge in [-0.25, -0.2) is 4.79 Å². The number of hydrogen-bond donors (Lipinski definition) is 9. The van der Waals surface area contributed by atoms with Gasteiger partial charge in [-0.2, -0.15) is 0 Å². The molecule has 5 aliphatic carbocycles. The number of carboxylic acid groups (broad SMARTS) is 2. The summed E-state index contributed by atoms with van der Waals surface area (Å²) in [6.07, 6.45) is -12.4. The highest BCUT2D eigenvalue weighted by atomic mass is 16.8. The second kappa shape index (κ2) is 16.4. The predicted octanol–water partition coefficient (Wildman–Crippen LogP) is 2.08. The van der Waals surface area contributed by atoms with Crippen molar-refractivity contribution in [3.05, 3.63) is 11.6 Å². The maximum Gasteiger partial charge on any atom is 0.335 e. The number of aliphatic hydroxyl groups is 7. The van der Waals surface area contributed by atoms with E-state index in [4.69, 9.17) is 28.4 Å². The molecule has 0 aromatic heterocycles. The first kappa shape index (κ1) is 47.6. The van der Waals surface area contributed by atoms with Gasteiger partial charge in [-0.15, -0.1) is 0 Å². The van der Waals surface area contributed by atoms with E-state index >= 15 is 0 Å². The van der Waals surface area contributed by atoms with Crippen molar-refractivity contribution >= 4 is 11.9 Å². The lowest BCUT2D eigenvalue weighted by molar-refractivity contribution is -0.386. The van der Waals surface area contributed by atoms with Crippen LogP contribution in [0.15, 0.2) is 11.6 Å². The van der Waals surface area contributed by atoms with Crippen LogP contribution in [0.4, 0.5) is 0 Å². The van der Waals surface area contributed by atoms with E-state index in [1.807, 2.05) is 0 Å².